The lowest BCUT2D eigenvalue weighted by Crippen LogP contribution is -2.38. The molecule has 1 aromatic rings. The van der Waals surface area contributed by atoms with Gasteiger partial charge in [-0.05, 0) is 24.6 Å². The van der Waals surface area contributed by atoms with Gasteiger partial charge in [-0.25, -0.2) is 12.8 Å². The topological polar surface area (TPSA) is 66.5 Å². The number of likely N-dealkylation sites (N-methyl/N-ethyl adjacent to an activating group) is 1. The fourth-order valence-electron chi connectivity index (χ4n) is 1.44. The number of amides is 1. The molecule has 0 saturated heterocycles. The number of carbonyl (C=O) groups is 1. The minimum absolute atomic E-state index is 0.246. The van der Waals surface area contributed by atoms with Gasteiger partial charge in [0.05, 0.1) is 18.8 Å². The van der Waals surface area contributed by atoms with Crippen LogP contribution in [0.25, 0.3) is 0 Å². The van der Waals surface area contributed by atoms with E-state index in [9.17, 15) is 17.6 Å². The quantitative estimate of drug-likeness (QED) is 0.875. The van der Waals surface area contributed by atoms with Crippen LogP contribution in [0.2, 0.25) is 0 Å². The van der Waals surface area contributed by atoms with Crippen molar-refractivity contribution in [3.63, 3.8) is 0 Å². The first-order valence-electron chi connectivity index (χ1n) is 5.66. The second-order valence-corrected chi connectivity index (χ2v) is 6.45. The Balaban J connectivity index is 2.60. The predicted molar refractivity (Wildman–Crippen MR) is 70.4 cm³/mol. The van der Waals surface area contributed by atoms with Gasteiger partial charge in [-0.3, -0.25) is 4.79 Å². The maximum atomic E-state index is 12.8. The van der Waals surface area contributed by atoms with Crippen LogP contribution in [0.4, 0.5) is 4.39 Å². The van der Waals surface area contributed by atoms with Gasteiger partial charge in [0, 0.05) is 7.05 Å². The molecule has 0 radical (unpaired) electrons. The molecule has 7 heteroatoms. The maximum absolute atomic E-state index is 12.8. The Bertz CT molecular complexity index is 543. The molecule has 0 aromatic heterocycles. The van der Waals surface area contributed by atoms with E-state index in [1.807, 2.05) is 0 Å². The zero-order valence-electron chi connectivity index (χ0n) is 11.1. The molecule has 0 saturated carbocycles. The monoisotopic (exact) mass is 288 g/mol. The third-order valence-electron chi connectivity index (χ3n) is 2.68. The first-order valence-corrected chi connectivity index (χ1v) is 7.51. The molecule has 1 rings (SSSR count). The second kappa shape index (κ2) is 6.12. The van der Waals surface area contributed by atoms with E-state index >= 15 is 0 Å². The Hall–Kier alpha value is -1.47. The van der Waals surface area contributed by atoms with Crippen molar-refractivity contribution in [2.45, 2.75) is 13.0 Å². The number of halogens is 1. The summed E-state index contributed by atoms with van der Waals surface area (Å²) < 4.78 is 36.0. The molecule has 0 bridgehead atoms. The van der Waals surface area contributed by atoms with Gasteiger partial charge >= 0.3 is 0 Å². The SMILES string of the molecule is C[C@H](NC(=O)CN(C)S(C)(=O)=O)c1ccc(F)cc1. The molecule has 1 amide bonds. The second-order valence-electron chi connectivity index (χ2n) is 4.36. The van der Waals surface area contributed by atoms with Crippen LogP contribution >= 0.6 is 0 Å². The normalized spacial score (nSPS) is 13.3. The van der Waals surface area contributed by atoms with Crippen LogP contribution in [0.5, 0.6) is 0 Å². The molecule has 0 aliphatic heterocycles. The molecule has 1 aromatic carbocycles. The molecule has 0 aliphatic carbocycles. The van der Waals surface area contributed by atoms with Crippen molar-refractivity contribution in [1.29, 1.82) is 0 Å². The number of benzene rings is 1. The molecule has 1 N–H and O–H groups in total. The molecule has 106 valence electrons. The minimum Gasteiger partial charge on any atom is -0.348 e. The largest absolute Gasteiger partial charge is 0.348 e. The molecule has 0 fully saturated rings. The van der Waals surface area contributed by atoms with E-state index in [4.69, 9.17) is 0 Å². The van der Waals surface area contributed by atoms with Gasteiger partial charge in [-0.2, -0.15) is 4.31 Å². The van der Waals surface area contributed by atoms with Crippen LogP contribution in [-0.2, 0) is 14.8 Å². The number of rotatable bonds is 5. The fraction of sp³-hybridized carbons (Fsp3) is 0.417. The molecular formula is C12H17FN2O3S. The third kappa shape index (κ3) is 4.96. The zero-order chi connectivity index (χ0) is 14.6. The molecular weight excluding hydrogens is 271 g/mol. The highest BCUT2D eigenvalue weighted by molar-refractivity contribution is 7.88. The first kappa shape index (κ1) is 15.6. The summed E-state index contributed by atoms with van der Waals surface area (Å²) in [4.78, 5) is 11.7. The van der Waals surface area contributed by atoms with Crippen molar-refractivity contribution in [3.8, 4) is 0 Å². The molecule has 19 heavy (non-hydrogen) atoms. The number of sulfonamides is 1. The minimum atomic E-state index is -3.38. The highest BCUT2D eigenvalue weighted by atomic mass is 32.2. The zero-order valence-corrected chi connectivity index (χ0v) is 11.9. The molecule has 0 heterocycles. The van der Waals surface area contributed by atoms with E-state index in [2.05, 4.69) is 5.32 Å². The van der Waals surface area contributed by atoms with Gasteiger partial charge < -0.3 is 5.32 Å². The van der Waals surface area contributed by atoms with Crippen molar-refractivity contribution in [2.24, 2.45) is 0 Å². The van der Waals surface area contributed by atoms with Crippen LogP contribution in [0.15, 0.2) is 24.3 Å². The van der Waals surface area contributed by atoms with E-state index in [-0.39, 0.29) is 18.4 Å². The highest BCUT2D eigenvalue weighted by Gasteiger charge is 2.16. The summed E-state index contributed by atoms with van der Waals surface area (Å²) in [6.45, 7) is 1.50. The van der Waals surface area contributed by atoms with E-state index in [0.717, 1.165) is 16.1 Å². The average molecular weight is 288 g/mol. The van der Waals surface area contributed by atoms with Gasteiger partial charge in [0.1, 0.15) is 5.82 Å². The molecule has 1 atom stereocenters. The average Bonchev–Trinajstić information content (AvgIpc) is 2.28. The molecule has 5 nitrogen and oxygen atoms in total. The molecule has 0 spiro atoms. The summed E-state index contributed by atoms with van der Waals surface area (Å²) in [5.41, 5.74) is 0.747. The van der Waals surface area contributed by atoms with Crippen molar-refractivity contribution in [3.05, 3.63) is 35.6 Å². The standard InChI is InChI=1S/C12H17FN2O3S/c1-9(10-4-6-11(13)7-5-10)14-12(16)8-15(2)19(3,17)18/h4-7,9H,8H2,1-3H3,(H,14,16)/t9-/m0/s1. The Kier molecular flexibility index (Phi) is 5.02. The van der Waals surface area contributed by atoms with E-state index in [1.165, 1.54) is 19.2 Å². The fourth-order valence-corrected chi connectivity index (χ4v) is 1.79. The number of nitrogens with zero attached hydrogens (tertiary/aromatic N) is 1. The van der Waals surface area contributed by atoms with Gasteiger partial charge in [-0.15, -0.1) is 0 Å². The smallest absolute Gasteiger partial charge is 0.235 e. The Morgan fingerprint density at radius 1 is 1.37 bits per heavy atom. The predicted octanol–water partition coefficient (Wildman–Crippen LogP) is 0.894. The molecule has 0 aliphatic rings. The van der Waals surface area contributed by atoms with E-state index in [0.29, 0.717) is 0 Å². The van der Waals surface area contributed by atoms with Crippen molar-refractivity contribution in [2.75, 3.05) is 19.8 Å². The Labute approximate surface area is 112 Å². The van der Waals surface area contributed by atoms with Crippen LogP contribution in [0.1, 0.15) is 18.5 Å². The summed E-state index contributed by atoms with van der Waals surface area (Å²) in [5, 5.41) is 2.65. The number of hydrogen-bond acceptors (Lipinski definition) is 3. The van der Waals surface area contributed by atoms with Crippen molar-refractivity contribution < 1.29 is 17.6 Å². The van der Waals surface area contributed by atoms with E-state index < -0.39 is 15.9 Å². The third-order valence-corrected chi connectivity index (χ3v) is 3.94. The van der Waals surface area contributed by atoms with Gasteiger partial charge in [0.15, 0.2) is 0 Å². The summed E-state index contributed by atoms with van der Waals surface area (Å²) in [5.74, 6) is -0.760. The van der Waals surface area contributed by atoms with Gasteiger partial charge in [-0.1, -0.05) is 12.1 Å². The molecule has 0 unspecified atom stereocenters. The lowest BCUT2D eigenvalue weighted by molar-refractivity contribution is -0.121. The van der Waals surface area contributed by atoms with Gasteiger partial charge in [0.2, 0.25) is 15.9 Å². The van der Waals surface area contributed by atoms with Crippen LogP contribution < -0.4 is 5.32 Å². The van der Waals surface area contributed by atoms with Crippen molar-refractivity contribution in [1.82, 2.24) is 9.62 Å². The number of carbonyl (C=O) groups excluding carboxylic acids is 1. The summed E-state index contributed by atoms with van der Waals surface area (Å²) in [7, 11) is -2.05. The van der Waals surface area contributed by atoms with Crippen LogP contribution in [-0.4, -0.2) is 38.5 Å². The Morgan fingerprint density at radius 3 is 2.37 bits per heavy atom. The van der Waals surface area contributed by atoms with E-state index in [1.54, 1.807) is 19.1 Å². The lowest BCUT2D eigenvalue weighted by atomic mass is 10.1. The maximum Gasteiger partial charge on any atom is 0.235 e. The number of hydrogen-bond donors (Lipinski definition) is 1. The lowest BCUT2D eigenvalue weighted by Gasteiger charge is -2.17. The number of nitrogens with one attached hydrogen (secondary N) is 1. The first-order chi connectivity index (χ1) is 8.70. The van der Waals surface area contributed by atoms with Crippen LogP contribution in [0.3, 0.4) is 0 Å². The van der Waals surface area contributed by atoms with Crippen LogP contribution in [0, 0.1) is 5.82 Å². The van der Waals surface area contributed by atoms with Gasteiger partial charge in [0.25, 0.3) is 0 Å². The highest BCUT2D eigenvalue weighted by Crippen LogP contribution is 2.12. The Morgan fingerprint density at radius 2 is 1.89 bits per heavy atom. The van der Waals surface area contributed by atoms with Crippen molar-refractivity contribution >= 4 is 15.9 Å². The summed E-state index contributed by atoms with van der Waals surface area (Å²) in [6.07, 6.45) is 1.03. The summed E-state index contributed by atoms with van der Waals surface area (Å²) in [6, 6.07) is 5.43. The summed E-state index contributed by atoms with van der Waals surface area (Å²) >= 11 is 0.